The van der Waals surface area contributed by atoms with Crippen LogP contribution in [-0.2, 0) is 9.53 Å². The third-order valence-electron chi connectivity index (χ3n) is 3.06. The van der Waals surface area contributed by atoms with Crippen LogP contribution in [0.25, 0.3) is 0 Å². The van der Waals surface area contributed by atoms with E-state index in [9.17, 15) is 9.90 Å². The Balaban J connectivity index is 2.43. The van der Waals surface area contributed by atoms with Gasteiger partial charge in [0.2, 0.25) is 0 Å². The number of aliphatic hydroxyl groups is 1. The minimum Gasteiger partial charge on any atom is -0.490 e. The van der Waals surface area contributed by atoms with Crippen molar-refractivity contribution >= 4 is 21.9 Å². The number of aliphatic hydroxyl groups excluding tert-OH is 1. The number of carbonyl (C=O) groups is 1. The van der Waals surface area contributed by atoms with Crippen molar-refractivity contribution < 1.29 is 24.1 Å². The Bertz CT molecular complexity index is 515. The predicted molar refractivity (Wildman–Crippen MR) is 76.1 cm³/mol. The lowest BCUT2D eigenvalue weighted by molar-refractivity contribution is -0.153. The van der Waals surface area contributed by atoms with E-state index in [4.69, 9.17) is 14.2 Å². The smallest absolute Gasteiger partial charge is 0.339 e. The molecule has 0 amide bonds. The number of halogens is 1. The summed E-state index contributed by atoms with van der Waals surface area (Å²) in [5.41, 5.74) is 1.13. The summed E-state index contributed by atoms with van der Waals surface area (Å²) in [6.45, 7) is 4.83. The fraction of sp³-hybridized carbons (Fsp3) is 0.500. The Morgan fingerprint density at radius 3 is 2.90 bits per heavy atom. The zero-order valence-corrected chi connectivity index (χ0v) is 13.0. The van der Waals surface area contributed by atoms with Crippen molar-refractivity contribution in [3.63, 3.8) is 0 Å². The fourth-order valence-electron chi connectivity index (χ4n) is 2.12. The van der Waals surface area contributed by atoms with Gasteiger partial charge in [0, 0.05) is 22.0 Å². The molecule has 0 radical (unpaired) electrons. The third-order valence-corrected chi connectivity index (χ3v) is 3.72. The zero-order valence-electron chi connectivity index (χ0n) is 11.4. The summed E-state index contributed by atoms with van der Waals surface area (Å²) in [5.74, 6) is 0.515. The van der Waals surface area contributed by atoms with Crippen LogP contribution < -0.4 is 9.47 Å². The minimum atomic E-state index is -1.35. The average Bonchev–Trinajstić information content (AvgIpc) is 2.64. The standard InChI is InChI=1S/C14H17BrO5/c1-3-18-14(17)12(16)11-8(2)13-10(7-9(11)15)19-5-4-6-20-13/h7,12,16H,3-6H2,1-2H3. The molecule has 0 saturated heterocycles. The highest BCUT2D eigenvalue weighted by molar-refractivity contribution is 9.10. The highest BCUT2D eigenvalue weighted by Gasteiger charge is 2.27. The van der Waals surface area contributed by atoms with Crippen molar-refractivity contribution in [3.05, 3.63) is 21.7 Å². The summed E-state index contributed by atoms with van der Waals surface area (Å²) < 4.78 is 16.7. The number of fused-ring (bicyclic) bond motifs is 1. The van der Waals surface area contributed by atoms with E-state index >= 15 is 0 Å². The van der Waals surface area contributed by atoms with E-state index in [0.29, 0.717) is 40.3 Å². The molecule has 20 heavy (non-hydrogen) atoms. The topological polar surface area (TPSA) is 65.0 Å². The lowest BCUT2D eigenvalue weighted by Gasteiger charge is -2.19. The van der Waals surface area contributed by atoms with Crippen molar-refractivity contribution in [1.82, 2.24) is 0 Å². The van der Waals surface area contributed by atoms with E-state index in [0.717, 1.165) is 6.42 Å². The first-order valence-electron chi connectivity index (χ1n) is 6.49. The van der Waals surface area contributed by atoms with Gasteiger partial charge in [0.15, 0.2) is 17.6 Å². The number of ether oxygens (including phenoxy) is 3. The van der Waals surface area contributed by atoms with Gasteiger partial charge in [-0.15, -0.1) is 0 Å². The summed E-state index contributed by atoms with van der Waals surface area (Å²) in [7, 11) is 0. The van der Waals surface area contributed by atoms with E-state index in [-0.39, 0.29) is 6.61 Å². The number of carbonyl (C=O) groups excluding carboxylic acids is 1. The van der Waals surface area contributed by atoms with Gasteiger partial charge in [-0.3, -0.25) is 0 Å². The van der Waals surface area contributed by atoms with Crippen molar-refractivity contribution in [2.24, 2.45) is 0 Å². The van der Waals surface area contributed by atoms with Crippen LogP contribution in [0.3, 0.4) is 0 Å². The van der Waals surface area contributed by atoms with Crippen LogP contribution in [-0.4, -0.2) is 30.9 Å². The van der Waals surface area contributed by atoms with Crippen molar-refractivity contribution in [2.75, 3.05) is 19.8 Å². The molecule has 0 aromatic heterocycles. The maximum Gasteiger partial charge on any atom is 0.339 e. The summed E-state index contributed by atoms with van der Waals surface area (Å²) >= 11 is 3.37. The molecule has 0 spiro atoms. The van der Waals surface area contributed by atoms with Crippen LogP contribution in [0, 0.1) is 6.92 Å². The second-order valence-electron chi connectivity index (χ2n) is 4.43. The molecule has 1 aromatic carbocycles. The molecule has 0 aliphatic carbocycles. The van der Waals surface area contributed by atoms with E-state index in [1.807, 2.05) is 0 Å². The fourth-order valence-corrected chi connectivity index (χ4v) is 2.84. The molecule has 110 valence electrons. The SMILES string of the molecule is CCOC(=O)C(O)c1c(Br)cc2c(c1C)OCCCO2. The van der Waals surface area contributed by atoms with Gasteiger partial charge in [0.05, 0.1) is 19.8 Å². The van der Waals surface area contributed by atoms with E-state index in [2.05, 4.69) is 15.9 Å². The van der Waals surface area contributed by atoms with Crippen LogP contribution >= 0.6 is 15.9 Å². The summed E-state index contributed by atoms with van der Waals surface area (Å²) in [6.07, 6.45) is -0.553. The number of hydrogen-bond donors (Lipinski definition) is 1. The number of rotatable bonds is 3. The molecule has 1 heterocycles. The van der Waals surface area contributed by atoms with Crippen LogP contribution in [0.2, 0.25) is 0 Å². The third kappa shape index (κ3) is 2.91. The lowest BCUT2D eigenvalue weighted by atomic mass is 10.0. The molecular formula is C14H17BrO5. The molecule has 0 saturated carbocycles. The highest BCUT2D eigenvalue weighted by atomic mass is 79.9. The summed E-state index contributed by atoms with van der Waals surface area (Å²) in [5, 5.41) is 10.2. The predicted octanol–water partition coefficient (Wildman–Crippen LogP) is 2.52. The Kier molecular flexibility index (Phi) is 4.88. The van der Waals surface area contributed by atoms with E-state index in [1.165, 1.54) is 0 Å². The molecule has 1 aromatic rings. The first kappa shape index (κ1) is 15.1. The van der Waals surface area contributed by atoms with Gasteiger partial charge in [-0.2, -0.15) is 0 Å². The van der Waals surface area contributed by atoms with Gasteiger partial charge < -0.3 is 19.3 Å². The van der Waals surface area contributed by atoms with Crippen LogP contribution in [0.4, 0.5) is 0 Å². The van der Waals surface area contributed by atoms with Gasteiger partial charge >= 0.3 is 5.97 Å². The molecule has 1 aliphatic heterocycles. The molecular weight excluding hydrogens is 328 g/mol. The molecule has 0 fully saturated rings. The largest absolute Gasteiger partial charge is 0.490 e. The van der Waals surface area contributed by atoms with Crippen LogP contribution in [0.1, 0.15) is 30.6 Å². The molecule has 1 N–H and O–H groups in total. The Morgan fingerprint density at radius 2 is 2.20 bits per heavy atom. The molecule has 5 nitrogen and oxygen atoms in total. The molecule has 1 atom stereocenters. The summed E-state index contributed by atoms with van der Waals surface area (Å²) in [6, 6.07) is 1.71. The Morgan fingerprint density at radius 1 is 1.50 bits per heavy atom. The molecule has 0 bridgehead atoms. The number of esters is 1. The lowest BCUT2D eigenvalue weighted by Crippen LogP contribution is -2.17. The molecule has 1 unspecified atom stereocenters. The van der Waals surface area contributed by atoms with E-state index in [1.54, 1.807) is 19.9 Å². The normalized spacial score (nSPS) is 15.4. The summed E-state index contributed by atoms with van der Waals surface area (Å²) in [4.78, 5) is 11.7. The quantitative estimate of drug-likeness (QED) is 0.853. The molecule has 6 heteroatoms. The van der Waals surface area contributed by atoms with Gasteiger partial charge in [-0.05, 0) is 19.9 Å². The second kappa shape index (κ2) is 6.45. The van der Waals surface area contributed by atoms with Gasteiger partial charge in [0.1, 0.15) is 0 Å². The second-order valence-corrected chi connectivity index (χ2v) is 5.28. The molecule has 1 aliphatic rings. The monoisotopic (exact) mass is 344 g/mol. The van der Waals surface area contributed by atoms with Gasteiger partial charge in [0.25, 0.3) is 0 Å². The number of hydrogen-bond acceptors (Lipinski definition) is 5. The maximum atomic E-state index is 11.7. The highest BCUT2D eigenvalue weighted by Crippen LogP contribution is 2.41. The average molecular weight is 345 g/mol. The van der Waals surface area contributed by atoms with Gasteiger partial charge in [-0.25, -0.2) is 4.79 Å². The maximum absolute atomic E-state index is 11.7. The van der Waals surface area contributed by atoms with Crippen molar-refractivity contribution in [2.45, 2.75) is 26.4 Å². The Hall–Kier alpha value is -1.27. The van der Waals surface area contributed by atoms with Crippen molar-refractivity contribution in [1.29, 1.82) is 0 Å². The first-order valence-corrected chi connectivity index (χ1v) is 7.28. The minimum absolute atomic E-state index is 0.219. The van der Waals surface area contributed by atoms with Crippen LogP contribution in [0.15, 0.2) is 10.5 Å². The molecule has 2 rings (SSSR count). The first-order chi connectivity index (χ1) is 9.56. The Labute approximate surface area is 126 Å². The van der Waals surface area contributed by atoms with Crippen molar-refractivity contribution in [3.8, 4) is 11.5 Å². The van der Waals surface area contributed by atoms with Gasteiger partial charge in [-0.1, -0.05) is 15.9 Å². The van der Waals surface area contributed by atoms with Crippen LogP contribution in [0.5, 0.6) is 11.5 Å². The zero-order chi connectivity index (χ0) is 14.7. The number of benzene rings is 1. The van der Waals surface area contributed by atoms with E-state index < -0.39 is 12.1 Å².